The van der Waals surface area contributed by atoms with Crippen LogP contribution in [0.25, 0.3) is 0 Å². The second-order valence-corrected chi connectivity index (χ2v) is 7.55. The fourth-order valence-corrected chi connectivity index (χ4v) is 4.02. The number of aromatic nitrogens is 2. The third kappa shape index (κ3) is 4.16. The van der Waals surface area contributed by atoms with E-state index in [0.717, 1.165) is 17.9 Å². The number of hydrogen-bond acceptors (Lipinski definition) is 4. The van der Waals surface area contributed by atoms with E-state index in [1.165, 1.54) is 44.3 Å². The topological polar surface area (TPSA) is 50.6 Å². The molecule has 1 aromatic carbocycles. The molecule has 1 fully saturated rings. The fraction of sp³-hybridized carbons (Fsp3) is 0.524. The molecule has 144 valence electrons. The SMILES string of the molecule is Cn1nccc1C(=O)N1CCOc2ccc(CN3CCCCCC3)cc2C1. The Kier molecular flexibility index (Phi) is 5.43. The first-order chi connectivity index (χ1) is 13.2. The van der Waals surface area contributed by atoms with Crippen molar-refractivity contribution in [3.8, 4) is 5.75 Å². The van der Waals surface area contributed by atoms with Gasteiger partial charge in [0.05, 0.1) is 6.54 Å². The molecule has 0 bridgehead atoms. The molecular formula is C21H28N4O2. The highest BCUT2D eigenvalue weighted by Crippen LogP contribution is 2.26. The van der Waals surface area contributed by atoms with Crippen LogP contribution < -0.4 is 4.74 Å². The van der Waals surface area contributed by atoms with Crippen LogP contribution >= 0.6 is 0 Å². The van der Waals surface area contributed by atoms with Crippen LogP contribution in [0.4, 0.5) is 0 Å². The molecule has 1 amide bonds. The van der Waals surface area contributed by atoms with Gasteiger partial charge in [-0.1, -0.05) is 18.9 Å². The van der Waals surface area contributed by atoms with Gasteiger partial charge in [-0.2, -0.15) is 5.10 Å². The molecule has 27 heavy (non-hydrogen) atoms. The van der Waals surface area contributed by atoms with Gasteiger partial charge >= 0.3 is 0 Å². The summed E-state index contributed by atoms with van der Waals surface area (Å²) in [5.41, 5.74) is 3.00. The summed E-state index contributed by atoms with van der Waals surface area (Å²) in [6, 6.07) is 8.22. The van der Waals surface area contributed by atoms with E-state index in [-0.39, 0.29) is 5.91 Å². The molecule has 6 heteroatoms. The van der Waals surface area contributed by atoms with Crippen molar-refractivity contribution >= 4 is 5.91 Å². The zero-order valence-corrected chi connectivity index (χ0v) is 16.1. The predicted octanol–water partition coefficient (Wildman–Crippen LogP) is 2.83. The zero-order valence-electron chi connectivity index (χ0n) is 16.1. The summed E-state index contributed by atoms with van der Waals surface area (Å²) >= 11 is 0. The molecule has 2 aromatic rings. The van der Waals surface area contributed by atoms with Crippen molar-refractivity contribution in [2.24, 2.45) is 7.05 Å². The summed E-state index contributed by atoms with van der Waals surface area (Å²) < 4.78 is 7.54. The number of fused-ring (bicyclic) bond motifs is 1. The lowest BCUT2D eigenvalue weighted by atomic mass is 10.1. The first kappa shape index (κ1) is 18.0. The molecule has 0 spiro atoms. The highest BCUT2D eigenvalue weighted by atomic mass is 16.5. The number of ether oxygens (including phenoxy) is 1. The van der Waals surface area contributed by atoms with Gasteiger partial charge in [-0.05, 0) is 49.7 Å². The second kappa shape index (κ2) is 8.13. The predicted molar refractivity (Wildman–Crippen MR) is 104 cm³/mol. The van der Waals surface area contributed by atoms with Crippen molar-refractivity contribution in [3.05, 3.63) is 47.3 Å². The van der Waals surface area contributed by atoms with Gasteiger partial charge < -0.3 is 9.64 Å². The number of aryl methyl sites for hydroxylation is 1. The van der Waals surface area contributed by atoms with E-state index in [1.807, 2.05) is 4.90 Å². The van der Waals surface area contributed by atoms with Crippen LogP contribution in [-0.2, 0) is 20.1 Å². The van der Waals surface area contributed by atoms with E-state index in [9.17, 15) is 4.79 Å². The van der Waals surface area contributed by atoms with Crippen LogP contribution in [0.5, 0.6) is 5.75 Å². The number of carbonyl (C=O) groups excluding carboxylic acids is 1. The third-order valence-corrected chi connectivity index (χ3v) is 5.54. The van der Waals surface area contributed by atoms with Crippen LogP contribution in [0.3, 0.4) is 0 Å². The minimum atomic E-state index is 0.00405. The van der Waals surface area contributed by atoms with Crippen molar-refractivity contribution in [3.63, 3.8) is 0 Å². The first-order valence-corrected chi connectivity index (χ1v) is 9.95. The van der Waals surface area contributed by atoms with Crippen molar-refractivity contribution < 1.29 is 9.53 Å². The van der Waals surface area contributed by atoms with Crippen molar-refractivity contribution in [1.29, 1.82) is 0 Å². The molecule has 1 aromatic heterocycles. The lowest BCUT2D eigenvalue weighted by Crippen LogP contribution is -2.33. The Labute approximate surface area is 160 Å². The number of rotatable bonds is 3. The molecule has 3 heterocycles. The van der Waals surface area contributed by atoms with Crippen molar-refractivity contribution in [1.82, 2.24) is 19.6 Å². The molecule has 0 N–H and O–H groups in total. The summed E-state index contributed by atoms with van der Waals surface area (Å²) in [7, 11) is 1.80. The molecule has 4 rings (SSSR count). The Morgan fingerprint density at radius 1 is 1.11 bits per heavy atom. The van der Waals surface area contributed by atoms with Gasteiger partial charge in [0.15, 0.2) is 0 Å². The Morgan fingerprint density at radius 2 is 1.93 bits per heavy atom. The molecule has 2 aliphatic rings. The minimum Gasteiger partial charge on any atom is -0.491 e. The standard InChI is InChI=1S/C21H28N4O2/c1-23-19(8-9-22-23)21(26)25-12-13-27-20-7-6-17(14-18(20)16-25)15-24-10-4-2-3-5-11-24/h6-9,14H,2-5,10-13,15-16H2,1H3. The van der Waals surface area contributed by atoms with E-state index < -0.39 is 0 Å². The van der Waals surface area contributed by atoms with Gasteiger partial charge in [-0.3, -0.25) is 14.4 Å². The number of carbonyl (C=O) groups is 1. The average Bonchev–Trinajstić information content (AvgIpc) is 2.87. The fourth-order valence-electron chi connectivity index (χ4n) is 4.02. The van der Waals surface area contributed by atoms with Gasteiger partial charge in [-0.15, -0.1) is 0 Å². The maximum Gasteiger partial charge on any atom is 0.272 e. The van der Waals surface area contributed by atoms with E-state index in [2.05, 4.69) is 28.2 Å². The lowest BCUT2D eigenvalue weighted by Gasteiger charge is -2.22. The first-order valence-electron chi connectivity index (χ1n) is 9.95. The van der Waals surface area contributed by atoms with Crippen LogP contribution in [0.2, 0.25) is 0 Å². The molecule has 6 nitrogen and oxygen atoms in total. The van der Waals surface area contributed by atoms with E-state index in [4.69, 9.17) is 4.74 Å². The molecule has 0 atom stereocenters. The van der Waals surface area contributed by atoms with Gasteiger partial charge in [0.2, 0.25) is 0 Å². The number of hydrogen-bond donors (Lipinski definition) is 0. The highest BCUT2D eigenvalue weighted by molar-refractivity contribution is 5.92. The summed E-state index contributed by atoms with van der Waals surface area (Å²) in [5, 5.41) is 4.12. The van der Waals surface area contributed by atoms with Gasteiger partial charge in [0, 0.05) is 31.9 Å². The maximum absolute atomic E-state index is 12.9. The number of nitrogens with zero attached hydrogens (tertiary/aromatic N) is 4. The molecule has 1 saturated heterocycles. The van der Waals surface area contributed by atoms with Gasteiger partial charge in [-0.25, -0.2) is 0 Å². The Balaban J connectivity index is 1.50. The zero-order chi connectivity index (χ0) is 18.6. The normalized spacial score (nSPS) is 18.3. The molecule has 0 unspecified atom stereocenters. The number of likely N-dealkylation sites (tertiary alicyclic amines) is 1. The summed E-state index contributed by atoms with van der Waals surface area (Å²) in [6.07, 6.45) is 6.94. The largest absolute Gasteiger partial charge is 0.491 e. The molecular weight excluding hydrogens is 340 g/mol. The summed E-state index contributed by atoms with van der Waals surface area (Å²) in [5.74, 6) is 0.902. The molecule has 2 aliphatic heterocycles. The van der Waals surface area contributed by atoms with Gasteiger partial charge in [0.25, 0.3) is 5.91 Å². The number of amides is 1. The Morgan fingerprint density at radius 3 is 2.67 bits per heavy atom. The van der Waals surface area contributed by atoms with Crippen molar-refractivity contribution in [2.45, 2.75) is 38.8 Å². The Bertz CT molecular complexity index is 793. The number of benzene rings is 1. The van der Waals surface area contributed by atoms with E-state index >= 15 is 0 Å². The van der Waals surface area contributed by atoms with Crippen LogP contribution in [0.15, 0.2) is 30.5 Å². The van der Waals surface area contributed by atoms with Crippen LogP contribution in [0, 0.1) is 0 Å². The van der Waals surface area contributed by atoms with Crippen LogP contribution in [0.1, 0.15) is 47.3 Å². The van der Waals surface area contributed by atoms with Crippen molar-refractivity contribution in [2.75, 3.05) is 26.2 Å². The molecule has 0 aliphatic carbocycles. The highest BCUT2D eigenvalue weighted by Gasteiger charge is 2.23. The average molecular weight is 368 g/mol. The second-order valence-electron chi connectivity index (χ2n) is 7.55. The summed E-state index contributed by atoms with van der Waals surface area (Å²) in [4.78, 5) is 17.3. The molecule has 0 radical (unpaired) electrons. The van der Waals surface area contributed by atoms with Gasteiger partial charge in [0.1, 0.15) is 18.1 Å². The monoisotopic (exact) mass is 368 g/mol. The molecule has 0 saturated carbocycles. The minimum absolute atomic E-state index is 0.00405. The maximum atomic E-state index is 12.9. The van der Waals surface area contributed by atoms with Crippen LogP contribution in [-0.4, -0.2) is 51.7 Å². The third-order valence-electron chi connectivity index (χ3n) is 5.54. The Hall–Kier alpha value is -2.34. The summed E-state index contributed by atoms with van der Waals surface area (Å²) in [6.45, 7) is 5.01. The lowest BCUT2D eigenvalue weighted by molar-refractivity contribution is 0.0722. The van der Waals surface area contributed by atoms with E-state index in [0.29, 0.717) is 25.4 Å². The van der Waals surface area contributed by atoms with E-state index in [1.54, 1.807) is 24.0 Å². The smallest absolute Gasteiger partial charge is 0.272 e. The quantitative estimate of drug-likeness (QED) is 0.836.